The van der Waals surface area contributed by atoms with Crippen molar-refractivity contribution in [3.05, 3.63) is 72.3 Å². The summed E-state index contributed by atoms with van der Waals surface area (Å²) in [7, 11) is -3.61. The van der Waals surface area contributed by atoms with Gasteiger partial charge >= 0.3 is 0 Å². The van der Waals surface area contributed by atoms with Crippen LogP contribution in [0.15, 0.2) is 71.6 Å². The normalized spacial score (nSPS) is 29.9. The van der Waals surface area contributed by atoms with E-state index in [2.05, 4.69) is 16.9 Å². The lowest BCUT2D eigenvalue weighted by Crippen LogP contribution is -2.48. The van der Waals surface area contributed by atoms with Crippen molar-refractivity contribution in [2.45, 2.75) is 48.8 Å². The molecule has 4 bridgehead atoms. The maximum absolute atomic E-state index is 12.9. The molecule has 4 saturated carbocycles. The zero-order valence-corrected chi connectivity index (χ0v) is 17.9. The third kappa shape index (κ3) is 3.04. The topological polar surface area (TPSA) is 46.2 Å². The van der Waals surface area contributed by atoms with Crippen LogP contribution in [0, 0.1) is 17.8 Å². The predicted molar refractivity (Wildman–Crippen MR) is 121 cm³/mol. The number of hydrogen-bond donors (Lipinski definition) is 1. The Morgan fingerprint density at radius 1 is 0.733 bits per heavy atom. The molecule has 7 rings (SSSR count). The maximum Gasteiger partial charge on any atom is 0.261 e. The van der Waals surface area contributed by atoms with E-state index in [1.54, 1.807) is 12.1 Å². The van der Waals surface area contributed by atoms with Crippen LogP contribution in [0.2, 0.25) is 0 Å². The summed E-state index contributed by atoms with van der Waals surface area (Å²) in [6.07, 6.45) is 8.26. The first-order chi connectivity index (χ1) is 14.5. The molecule has 1 N–H and O–H groups in total. The number of fused-ring (bicyclic) bond motifs is 1. The average molecular weight is 418 g/mol. The standard InChI is InChI=1S/C26H27NO2S/c28-30(29,25-10-5-21-3-1-2-4-22(21)14-25)27-24-8-6-23(7-9-24)26-15-18-11-19(16-26)13-20(12-18)17-26/h1-10,14,18-20,27H,11-13,15-17H2. The molecule has 30 heavy (non-hydrogen) atoms. The van der Waals surface area contributed by atoms with Crippen molar-refractivity contribution in [2.75, 3.05) is 4.72 Å². The molecule has 3 aromatic carbocycles. The van der Waals surface area contributed by atoms with E-state index in [-0.39, 0.29) is 0 Å². The third-order valence-corrected chi connectivity index (χ3v) is 9.20. The van der Waals surface area contributed by atoms with E-state index in [0.29, 0.717) is 16.0 Å². The van der Waals surface area contributed by atoms with Crippen molar-refractivity contribution in [1.29, 1.82) is 0 Å². The summed E-state index contributed by atoms with van der Waals surface area (Å²) >= 11 is 0. The number of benzene rings is 3. The molecule has 0 radical (unpaired) electrons. The van der Waals surface area contributed by atoms with Gasteiger partial charge in [-0.2, -0.15) is 0 Å². The van der Waals surface area contributed by atoms with Gasteiger partial charge < -0.3 is 0 Å². The fraction of sp³-hybridized carbons (Fsp3) is 0.385. The monoisotopic (exact) mass is 417 g/mol. The Bertz CT molecular complexity index is 1180. The van der Waals surface area contributed by atoms with Crippen LogP contribution in [-0.4, -0.2) is 8.42 Å². The molecular weight excluding hydrogens is 390 g/mol. The van der Waals surface area contributed by atoms with Gasteiger partial charge in [0.25, 0.3) is 10.0 Å². The van der Waals surface area contributed by atoms with Gasteiger partial charge in [0.2, 0.25) is 0 Å². The van der Waals surface area contributed by atoms with Crippen molar-refractivity contribution in [3.63, 3.8) is 0 Å². The molecule has 3 nitrogen and oxygen atoms in total. The Morgan fingerprint density at radius 2 is 1.33 bits per heavy atom. The SMILES string of the molecule is O=S(=O)(Nc1ccc(C23CC4CC(CC(C4)C2)C3)cc1)c1ccc2ccccc2c1. The number of nitrogens with one attached hydrogen (secondary N) is 1. The lowest BCUT2D eigenvalue weighted by molar-refractivity contribution is -0.00518. The quantitative estimate of drug-likeness (QED) is 0.557. The number of rotatable bonds is 4. The highest BCUT2D eigenvalue weighted by Crippen LogP contribution is 2.60. The fourth-order valence-electron chi connectivity index (χ4n) is 6.90. The van der Waals surface area contributed by atoms with Crippen LogP contribution < -0.4 is 4.72 Å². The summed E-state index contributed by atoms with van der Waals surface area (Å²) in [6.45, 7) is 0. The molecule has 154 valence electrons. The van der Waals surface area contributed by atoms with Gasteiger partial charge in [-0.1, -0.05) is 42.5 Å². The molecule has 4 fully saturated rings. The van der Waals surface area contributed by atoms with Crippen molar-refractivity contribution in [1.82, 2.24) is 0 Å². The van der Waals surface area contributed by atoms with E-state index in [4.69, 9.17) is 0 Å². The van der Waals surface area contributed by atoms with Crippen LogP contribution in [0.25, 0.3) is 10.8 Å². The smallest absolute Gasteiger partial charge is 0.261 e. The zero-order chi connectivity index (χ0) is 20.3. The summed E-state index contributed by atoms with van der Waals surface area (Å²) in [5.41, 5.74) is 2.39. The Morgan fingerprint density at radius 3 is 1.97 bits per heavy atom. The molecule has 0 heterocycles. The molecule has 0 aromatic heterocycles. The largest absolute Gasteiger partial charge is 0.280 e. The van der Waals surface area contributed by atoms with Gasteiger partial charge in [0.05, 0.1) is 4.90 Å². The van der Waals surface area contributed by atoms with Gasteiger partial charge in [-0.15, -0.1) is 0 Å². The number of anilines is 1. The third-order valence-electron chi connectivity index (χ3n) is 7.82. The first-order valence-electron chi connectivity index (χ1n) is 11.1. The lowest BCUT2D eigenvalue weighted by atomic mass is 9.48. The highest BCUT2D eigenvalue weighted by molar-refractivity contribution is 7.92. The molecule has 0 spiro atoms. The summed E-state index contributed by atoms with van der Waals surface area (Å²) in [6, 6.07) is 21.3. The molecule has 0 unspecified atom stereocenters. The molecule has 0 amide bonds. The van der Waals surface area contributed by atoms with Crippen LogP contribution >= 0.6 is 0 Å². The van der Waals surface area contributed by atoms with Crippen molar-refractivity contribution in [3.8, 4) is 0 Å². The van der Waals surface area contributed by atoms with E-state index in [1.165, 1.54) is 44.1 Å². The Kier molecular flexibility index (Phi) is 4.05. The second-order valence-corrected chi connectivity index (χ2v) is 11.6. The van der Waals surface area contributed by atoms with Gasteiger partial charge in [-0.25, -0.2) is 8.42 Å². The fourth-order valence-corrected chi connectivity index (χ4v) is 8.00. The Labute approximate surface area is 178 Å². The van der Waals surface area contributed by atoms with Crippen LogP contribution in [-0.2, 0) is 15.4 Å². The van der Waals surface area contributed by atoms with E-state index in [1.807, 2.05) is 42.5 Å². The highest BCUT2D eigenvalue weighted by Gasteiger charge is 2.51. The van der Waals surface area contributed by atoms with Gasteiger partial charge in [-0.05, 0) is 102 Å². The van der Waals surface area contributed by atoms with Gasteiger partial charge in [-0.3, -0.25) is 4.72 Å². The lowest BCUT2D eigenvalue weighted by Gasteiger charge is -2.57. The second kappa shape index (κ2) is 6.58. The van der Waals surface area contributed by atoms with Gasteiger partial charge in [0, 0.05) is 5.69 Å². The minimum atomic E-state index is -3.61. The summed E-state index contributed by atoms with van der Waals surface area (Å²) in [5, 5.41) is 1.97. The molecule has 3 aromatic rings. The summed E-state index contributed by atoms with van der Waals surface area (Å²) in [4.78, 5) is 0.298. The number of sulfonamides is 1. The van der Waals surface area contributed by atoms with Crippen LogP contribution in [0.4, 0.5) is 5.69 Å². The molecule has 0 saturated heterocycles. The minimum Gasteiger partial charge on any atom is -0.280 e. The number of hydrogen-bond acceptors (Lipinski definition) is 2. The minimum absolute atomic E-state index is 0.298. The second-order valence-electron chi connectivity index (χ2n) is 9.89. The van der Waals surface area contributed by atoms with Gasteiger partial charge in [0.15, 0.2) is 0 Å². The molecule has 0 aliphatic heterocycles. The molecule has 0 atom stereocenters. The highest BCUT2D eigenvalue weighted by atomic mass is 32.2. The van der Waals surface area contributed by atoms with Crippen molar-refractivity contribution in [2.24, 2.45) is 17.8 Å². The van der Waals surface area contributed by atoms with Crippen LogP contribution in [0.1, 0.15) is 44.1 Å². The maximum atomic E-state index is 12.9. The van der Waals surface area contributed by atoms with Crippen LogP contribution in [0.3, 0.4) is 0 Å². The molecular formula is C26H27NO2S. The van der Waals surface area contributed by atoms with E-state index >= 15 is 0 Å². The zero-order valence-electron chi connectivity index (χ0n) is 17.1. The molecule has 4 heteroatoms. The summed E-state index contributed by atoms with van der Waals surface area (Å²) in [5.74, 6) is 2.71. The first kappa shape index (κ1) is 18.4. The van der Waals surface area contributed by atoms with E-state index in [9.17, 15) is 8.42 Å². The molecule has 4 aliphatic carbocycles. The van der Waals surface area contributed by atoms with E-state index in [0.717, 1.165) is 28.5 Å². The average Bonchev–Trinajstić information content (AvgIpc) is 2.72. The van der Waals surface area contributed by atoms with Crippen molar-refractivity contribution >= 4 is 26.5 Å². The van der Waals surface area contributed by atoms with Gasteiger partial charge in [0.1, 0.15) is 0 Å². The Hall–Kier alpha value is -2.33. The van der Waals surface area contributed by atoms with Crippen LogP contribution in [0.5, 0.6) is 0 Å². The first-order valence-corrected chi connectivity index (χ1v) is 12.6. The Balaban J connectivity index is 1.25. The predicted octanol–water partition coefficient (Wildman–Crippen LogP) is 6.11. The molecule has 4 aliphatic rings. The summed E-state index contributed by atoms with van der Waals surface area (Å²) < 4.78 is 28.7. The van der Waals surface area contributed by atoms with Crippen molar-refractivity contribution < 1.29 is 8.42 Å². The van der Waals surface area contributed by atoms with E-state index < -0.39 is 10.0 Å².